The minimum Gasteiger partial charge on any atom is -0.343 e. The van der Waals surface area contributed by atoms with Gasteiger partial charge in [-0.25, -0.2) is 5.43 Å². The zero-order valence-electron chi connectivity index (χ0n) is 17.1. The van der Waals surface area contributed by atoms with E-state index in [1.807, 2.05) is 46.8 Å². The van der Waals surface area contributed by atoms with Crippen molar-refractivity contribution in [2.75, 3.05) is 0 Å². The summed E-state index contributed by atoms with van der Waals surface area (Å²) in [4.78, 5) is 23.6. The van der Waals surface area contributed by atoms with Gasteiger partial charge in [0.1, 0.15) is 0 Å². The van der Waals surface area contributed by atoms with Gasteiger partial charge in [-0.1, -0.05) is 18.2 Å². The molecule has 1 heterocycles. The minimum atomic E-state index is -0.787. The van der Waals surface area contributed by atoms with Gasteiger partial charge < -0.3 is 9.88 Å². The topological polar surface area (TPSA) is 75.5 Å². The van der Waals surface area contributed by atoms with E-state index in [1.165, 1.54) is 11.1 Å². The lowest BCUT2D eigenvalue weighted by molar-refractivity contribution is -0.140. The summed E-state index contributed by atoms with van der Waals surface area (Å²) >= 11 is 0. The van der Waals surface area contributed by atoms with Gasteiger partial charge in [0.2, 0.25) is 0 Å². The highest BCUT2D eigenvalue weighted by molar-refractivity contribution is 6.35. The van der Waals surface area contributed by atoms with Crippen LogP contribution in [-0.2, 0) is 9.59 Å². The van der Waals surface area contributed by atoms with Crippen LogP contribution in [0, 0.1) is 27.7 Å². The number of amides is 2. The highest BCUT2D eigenvalue weighted by atomic mass is 16.2. The number of nitrogens with zero attached hydrogens (tertiary/aromatic N) is 2. The van der Waals surface area contributed by atoms with Gasteiger partial charge in [-0.2, -0.15) is 5.10 Å². The monoisotopic (exact) mass is 368 g/mol. The third-order valence-corrected chi connectivity index (χ3v) is 4.20. The number of carbonyl (C=O) groups is 2. The molecular weight excluding hydrogens is 340 g/mol. The van der Waals surface area contributed by atoms with Gasteiger partial charge in [0.05, 0.1) is 11.9 Å². The van der Waals surface area contributed by atoms with Crippen LogP contribution in [0.2, 0.25) is 0 Å². The molecule has 0 saturated heterocycles. The molecule has 0 saturated carbocycles. The van der Waals surface area contributed by atoms with Crippen LogP contribution in [-0.4, -0.2) is 28.1 Å². The zero-order valence-corrected chi connectivity index (χ0v) is 17.1. The van der Waals surface area contributed by atoms with Crippen molar-refractivity contribution in [1.29, 1.82) is 0 Å². The molecule has 0 spiro atoms. The molecular formula is C21H28N4O2. The maximum absolute atomic E-state index is 11.8. The number of para-hydroxylation sites is 1. The Morgan fingerprint density at radius 1 is 1.04 bits per heavy atom. The summed E-state index contributed by atoms with van der Waals surface area (Å²) in [7, 11) is 0. The third kappa shape index (κ3) is 4.84. The van der Waals surface area contributed by atoms with E-state index in [2.05, 4.69) is 46.4 Å². The van der Waals surface area contributed by atoms with Crippen LogP contribution in [0.25, 0.3) is 5.69 Å². The van der Waals surface area contributed by atoms with E-state index in [9.17, 15) is 9.59 Å². The first-order chi connectivity index (χ1) is 12.5. The van der Waals surface area contributed by atoms with Crippen molar-refractivity contribution in [3.63, 3.8) is 0 Å². The quantitative estimate of drug-likeness (QED) is 0.496. The Kier molecular flexibility index (Phi) is 5.88. The molecule has 0 bridgehead atoms. The second-order valence-corrected chi connectivity index (χ2v) is 7.81. The summed E-state index contributed by atoms with van der Waals surface area (Å²) in [5.74, 6) is -1.50. The fraction of sp³-hybridized carbons (Fsp3) is 0.381. The van der Waals surface area contributed by atoms with Crippen molar-refractivity contribution >= 4 is 18.0 Å². The number of aromatic nitrogens is 1. The number of benzene rings is 1. The number of nitrogens with one attached hydrogen (secondary N) is 2. The Morgan fingerprint density at radius 3 is 2.19 bits per heavy atom. The van der Waals surface area contributed by atoms with Crippen molar-refractivity contribution in [2.24, 2.45) is 5.10 Å². The molecule has 0 radical (unpaired) electrons. The van der Waals surface area contributed by atoms with Gasteiger partial charge in [0.25, 0.3) is 0 Å². The number of carbonyl (C=O) groups excluding carboxylic acids is 2. The lowest BCUT2D eigenvalue weighted by Crippen LogP contribution is -2.47. The predicted molar refractivity (Wildman–Crippen MR) is 108 cm³/mol. The second-order valence-electron chi connectivity index (χ2n) is 7.81. The van der Waals surface area contributed by atoms with Crippen LogP contribution in [0.1, 0.15) is 48.8 Å². The van der Waals surface area contributed by atoms with Crippen LogP contribution in [0.15, 0.2) is 29.4 Å². The molecule has 2 rings (SSSR count). The van der Waals surface area contributed by atoms with Crippen molar-refractivity contribution in [1.82, 2.24) is 15.3 Å². The molecule has 0 fully saturated rings. The van der Waals surface area contributed by atoms with Gasteiger partial charge in [-0.05, 0) is 65.7 Å². The number of rotatable bonds is 3. The molecule has 144 valence electrons. The van der Waals surface area contributed by atoms with E-state index < -0.39 is 17.4 Å². The lowest BCUT2D eigenvalue weighted by Gasteiger charge is -2.19. The van der Waals surface area contributed by atoms with Crippen LogP contribution in [0.3, 0.4) is 0 Å². The van der Waals surface area contributed by atoms with Crippen LogP contribution >= 0.6 is 0 Å². The Bertz CT molecular complexity index is 881. The van der Waals surface area contributed by atoms with E-state index in [-0.39, 0.29) is 0 Å². The molecule has 2 aromatic rings. The average molecular weight is 368 g/mol. The molecule has 27 heavy (non-hydrogen) atoms. The molecule has 6 heteroatoms. The first-order valence-corrected chi connectivity index (χ1v) is 8.92. The SMILES string of the molecule is Cc1cccc(C)c1-n1c(C)cc(/C=N/NC(=O)C(=O)NC(C)(C)C)c1C. The fourth-order valence-electron chi connectivity index (χ4n) is 3.03. The highest BCUT2D eigenvalue weighted by Crippen LogP contribution is 2.25. The summed E-state index contributed by atoms with van der Waals surface area (Å²) in [5, 5.41) is 6.54. The standard InChI is InChI=1S/C21H28N4O2/c1-13-9-8-10-14(2)18(13)25-15(3)11-17(16(25)4)12-22-24-20(27)19(26)23-21(5,6)7/h8-12H,1-7H3,(H,23,26)(H,24,27)/b22-12+. The van der Waals surface area contributed by atoms with E-state index >= 15 is 0 Å². The van der Waals surface area contributed by atoms with Crippen molar-refractivity contribution in [3.05, 3.63) is 52.3 Å². The maximum atomic E-state index is 11.8. The molecule has 2 amide bonds. The Balaban J connectivity index is 2.21. The van der Waals surface area contributed by atoms with Gasteiger partial charge in [0.15, 0.2) is 0 Å². The van der Waals surface area contributed by atoms with Gasteiger partial charge in [-0.15, -0.1) is 0 Å². The minimum absolute atomic E-state index is 0.478. The fourth-order valence-corrected chi connectivity index (χ4v) is 3.03. The molecule has 1 aromatic heterocycles. The summed E-state index contributed by atoms with van der Waals surface area (Å²) in [5.41, 5.74) is 8.30. The molecule has 0 aliphatic carbocycles. The first-order valence-electron chi connectivity index (χ1n) is 8.92. The summed E-state index contributed by atoms with van der Waals surface area (Å²) < 4.78 is 2.18. The van der Waals surface area contributed by atoms with Crippen LogP contribution in [0.4, 0.5) is 0 Å². The Labute approximate surface area is 160 Å². The largest absolute Gasteiger partial charge is 0.343 e. The Morgan fingerprint density at radius 2 is 1.63 bits per heavy atom. The van der Waals surface area contributed by atoms with Gasteiger partial charge in [-0.3, -0.25) is 9.59 Å². The van der Waals surface area contributed by atoms with Crippen LogP contribution < -0.4 is 10.7 Å². The summed E-state index contributed by atoms with van der Waals surface area (Å²) in [6.07, 6.45) is 1.56. The number of hydrazone groups is 1. The second kappa shape index (κ2) is 7.78. The first kappa shape index (κ1) is 20.4. The molecule has 0 atom stereocenters. The van der Waals surface area contributed by atoms with Crippen LogP contribution in [0.5, 0.6) is 0 Å². The molecule has 0 aliphatic heterocycles. The normalized spacial score (nSPS) is 11.7. The number of aryl methyl sites for hydroxylation is 3. The molecule has 2 N–H and O–H groups in total. The maximum Gasteiger partial charge on any atom is 0.329 e. The number of hydrogen-bond acceptors (Lipinski definition) is 3. The highest BCUT2D eigenvalue weighted by Gasteiger charge is 2.19. The molecule has 0 unspecified atom stereocenters. The van der Waals surface area contributed by atoms with Gasteiger partial charge >= 0.3 is 11.8 Å². The third-order valence-electron chi connectivity index (χ3n) is 4.20. The van der Waals surface area contributed by atoms with E-state index in [0.29, 0.717) is 0 Å². The van der Waals surface area contributed by atoms with E-state index in [0.717, 1.165) is 22.6 Å². The summed E-state index contributed by atoms with van der Waals surface area (Å²) in [6.45, 7) is 13.6. The van der Waals surface area contributed by atoms with Crippen molar-refractivity contribution < 1.29 is 9.59 Å². The Hall–Kier alpha value is -2.89. The zero-order chi connectivity index (χ0) is 20.4. The van der Waals surface area contributed by atoms with Gasteiger partial charge in [0, 0.05) is 22.5 Å². The predicted octanol–water partition coefficient (Wildman–Crippen LogP) is 3.08. The number of hydrogen-bond donors (Lipinski definition) is 2. The summed E-state index contributed by atoms with van der Waals surface area (Å²) in [6, 6.07) is 8.22. The molecule has 0 aliphatic rings. The van der Waals surface area contributed by atoms with Crippen molar-refractivity contribution in [3.8, 4) is 5.69 Å². The molecule has 6 nitrogen and oxygen atoms in total. The van der Waals surface area contributed by atoms with E-state index in [4.69, 9.17) is 0 Å². The smallest absolute Gasteiger partial charge is 0.329 e. The van der Waals surface area contributed by atoms with E-state index in [1.54, 1.807) is 6.21 Å². The molecule has 1 aromatic carbocycles. The van der Waals surface area contributed by atoms with Crippen molar-refractivity contribution in [2.45, 2.75) is 54.0 Å². The average Bonchev–Trinajstić information content (AvgIpc) is 2.81. The lowest BCUT2D eigenvalue weighted by atomic mass is 10.1.